The van der Waals surface area contributed by atoms with Gasteiger partial charge in [-0.1, -0.05) is 0 Å². The van der Waals surface area contributed by atoms with Crippen LogP contribution in [0.25, 0.3) is 0 Å². The van der Waals surface area contributed by atoms with Crippen LogP contribution in [0.2, 0.25) is 0 Å². The molecule has 5 nitrogen and oxygen atoms in total. The summed E-state index contributed by atoms with van der Waals surface area (Å²) < 4.78 is 4.73. The second-order valence-electron chi connectivity index (χ2n) is 2.33. The maximum Gasteiger partial charge on any atom is 0.341 e. The number of rotatable bonds is 3. The van der Waals surface area contributed by atoms with E-state index in [9.17, 15) is 4.79 Å². The third kappa shape index (κ3) is 2.55. The standard InChI is InChI=1S/C8H8O5/c9-6-2-1-5(3-7(6)10)13-4-8(11)12/h1-3,9-10H,4H2,(H,11,12). The lowest BCUT2D eigenvalue weighted by atomic mass is 10.3. The molecule has 70 valence electrons. The first-order valence-corrected chi connectivity index (χ1v) is 3.46. The number of aromatic hydroxyl groups is 2. The molecule has 0 spiro atoms. The van der Waals surface area contributed by atoms with E-state index in [1.54, 1.807) is 0 Å². The summed E-state index contributed by atoms with van der Waals surface area (Å²) in [5, 5.41) is 26.1. The normalized spacial score (nSPS) is 9.54. The maximum absolute atomic E-state index is 10.1. The molecular weight excluding hydrogens is 176 g/mol. The fraction of sp³-hybridized carbons (Fsp3) is 0.125. The Balaban J connectivity index is 2.68. The van der Waals surface area contributed by atoms with E-state index in [-0.39, 0.29) is 17.2 Å². The van der Waals surface area contributed by atoms with Crippen LogP contribution in [-0.2, 0) is 4.79 Å². The Kier molecular flexibility index (Phi) is 2.59. The number of aliphatic carboxylic acids is 1. The summed E-state index contributed by atoms with van der Waals surface area (Å²) in [4.78, 5) is 10.1. The van der Waals surface area contributed by atoms with Gasteiger partial charge in [-0.3, -0.25) is 0 Å². The highest BCUT2D eigenvalue weighted by atomic mass is 16.5. The number of ether oxygens (including phenoxy) is 1. The number of benzene rings is 1. The molecule has 0 heterocycles. The van der Waals surface area contributed by atoms with Gasteiger partial charge in [0.05, 0.1) is 0 Å². The van der Waals surface area contributed by atoms with Gasteiger partial charge in [0, 0.05) is 6.07 Å². The minimum absolute atomic E-state index is 0.192. The fourth-order valence-electron chi connectivity index (χ4n) is 0.738. The van der Waals surface area contributed by atoms with Crippen molar-refractivity contribution in [2.45, 2.75) is 0 Å². The first-order chi connectivity index (χ1) is 6.09. The molecule has 0 atom stereocenters. The summed E-state index contributed by atoms with van der Waals surface area (Å²) in [6.07, 6.45) is 0. The Labute approximate surface area is 73.8 Å². The van der Waals surface area contributed by atoms with Gasteiger partial charge in [-0.05, 0) is 12.1 Å². The van der Waals surface area contributed by atoms with Crippen molar-refractivity contribution in [3.05, 3.63) is 18.2 Å². The van der Waals surface area contributed by atoms with Gasteiger partial charge in [0.2, 0.25) is 0 Å². The zero-order chi connectivity index (χ0) is 9.84. The van der Waals surface area contributed by atoms with Crippen LogP contribution in [0.1, 0.15) is 0 Å². The second-order valence-corrected chi connectivity index (χ2v) is 2.33. The molecule has 0 aliphatic heterocycles. The molecule has 1 aromatic rings. The lowest BCUT2D eigenvalue weighted by Crippen LogP contribution is -2.09. The topological polar surface area (TPSA) is 87.0 Å². The molecule has 3 N–H and O–H groups in total. The lowest BCUT2D eigenvalue weighted by molar-refractivity contribution is -0.139. The van der Waals surface area contributed by atoms with E-state index in [0.29, 0.717) is 0 Å². The molecule has 5 heteroatoms. The average Bonchev–Trinajstić information content (AvgIpc) is 2.07. The molecule has 13 heavy (non-hydrogen) atoms. The van der Waals surface area contributed by atoms with E-state index in [4.69, 9.17) is 20.1 Å². The molecule has 0 bridgehead atoms. The van der Waals surface area contributed by atoms with Crippen LogP contribution >= 0.6 is 0 Å². The Morgan fingerprint density at radius 3 is 2.54 bits per heavy atom. The smallest absolute Gasteiger partial charge is 0.341 e. The number of phenolic OH excluding ortho intramolecular Hbond substituents is 2. The molecule has 0 aliphatic carbocycles. The molecule has 0 aromatic heterocycles. The SMILES string of the molecule is O=C(O)COc1ccc(O)c(O)c1. The van der Waals surface area contributed by atoms with Crippen LogP contribution in [-0.4, -0.2) is 27.9 Å². The summed E-state index contributed by atoms with van der Waals surface area (Å²) >= 11 is 0. The van der Waals surface area contributed by atoms with Crippen molar-refractivity contribution in [3.8, 4) is 17.2 Å². The van der Waals surface area contributed by atoms with Crippen molar-refractivity contribution in [2.24, 2.45) is 0 Å². The summed E-state index contributed by atoms with van der Waals surface area (Å²) in [5.41, 5.74) is 0. The van der Waals surface area contributed by atoms with Gasteiger partial charge in [0.25, 0.3) is 0 Å². The second kappa shape index (κ2) is 3.66. The van der Waals surface area contributed by atoms with Gasteiger partial charge in [-0.25, -0.2) is 4.79 Å². The average molecular weight is 184 g/mol. The molecule has 0 saturated carbocycles. The molecule has 0 aliphatic rings. The predicted octanol–water partition coefficient (Wildman–Crippen LogP) is 0.561. The fourth-order valence-corrected chi connectivity index (χ4v) is 0.738. The molecule has 0 radical (unpaired) electrons. The van der Waals surface area contributed by atoms with Crippen LogP contribution in [0.5, 0.6) is 17.2 Å². The van der Waals surface area contributed by atoms with Crippen molar-refractivity contribution in [1.82, 2.24) is 0 Å². The van der Waals surface area contributed by atoms with Crippen LogP contribution in [0.3, 0.4) is 0 Å². The highest BCUT2D eigenvalue weighted by molar-refractivity contribution is 5.68. The Bertz CT molecular complexity index is 320. The van der Waals surface area contributed by atoms with Gasteiger partial charge >= 0.3 is 5.97 Å². The molecule has 0 fully saturated rings. The highest BCUT2D eigenvalue weighted by Gasteiger charge is 2.02. The number of carboxylic acid groups (broad SMARTS) is 1. The van der Waals surface area contributed by atoms with E-state index >= 15 is 0 Å². The van der Waals surface area contributed by atoms with E-state index in [1.807, 2.05) is 0 Å². The zero-order valence-electron chi connectivity index (χ0n) is 6.60. The summed E-state index contributed by atoms with van der Waals surface area (Å²) in [6, 6.07) is 3.71. The van der Waals surface area contributed by atoms with Gasteiger partial charge in [-0.2, -0.15) is 0 Å². The molecule has 1 aromatic carbocycles. The van der Waals surface area contributed by atoms with E-state index < -0.39 is 12.6 Å². The molecule has 0 unspecified atom stereocenters. The predicted molar refractivity (Wildman–Crippen MR) is 42.9 cm³/mol. The number of carbonyl (C=O) groups is 1. The number of hydrogen-bond donors (Lipinski definition) is 3. The minimum Gasteiger partial charge on any atom is -0.504 e. The Morgan fingerprint density at radius 1 is 1.31 bits per heavy atom. The van der Waals surface area contributed by atoms with Crippen molar-refractivity contribution >= 4 is 5.97 Å². The van der Waals surface area contributed by atoms with Crippen LogP contribution in [0.15, 0.2) is 18.2 Å². The third-order valence-corrected chi connectivity index (χ3v) is 1.31. The van der Waals surface area contributed by atoms with Gasteiger partial charge in [-0.15, -0.1) is 0 Å². The minimum atomic E-state index is -1.10. The van der Waals surface area contributed by atoms with E-state index in [1.165, 1.54) is 12.1 Å². The van der Waals surface area contributed by atoms with E-state index in [0.717, 1.165) is 6.07 Å². The number of phenols is 2. The zero-order valence-corrected chi connectivity index (χ0v) is 6.60. The van der Waals surface area contributed by atoms with Crippen molar-refractivity contribution in [2.75, 3.05) is 6.61 Å². The third-order valence-electron chi connectivity index (χ3n) is 1.31. The van der Waals surface area contributed by atoms with Crippen molar-refractivity contribution in [1.29, 1.82) is 0 Å². The quantitative estimate of drug-likeness (QED) is 0.597. The summed E-state index contributed by atoms with van der Waals surface area (Å²) in [6.45, 7) is -0.482. The summed E-state index contributed by atoms with van der Waals surface area (Å²) in [7, 11) is 0. The monoisotopic (exact) mass is 184 g/mol. The Morgan fingerprint density at radius 2 is 2.00 bits per heavy atom. The van der Waals surface area contributed by atoms with E-state index in [2.05, 4.69) is 0 Å². The molecule has 0 saturated heterocycles. The highest BCUT2D eigenvalue weighted by Crippen LogP contribution is 2.28. The number of hydrogen-bond acceptors (Lipinski definition) is 4. The molecular formula is C8H8O5. The van der Waals surface area contributed by atoms with Crippen molar-refractivity contribution < 1.29 is 24.9 Å². The lowest BCUT2D eigenvalue weighted by Gasteiger charge is -2.03. The van der Waals surface area contributed by atoms with Crippen LogP contribution in [0, 0.1) is 0 Å². The Hall–Kier alpha value is -1.91. The number of carboxylic acids is 1. The first kappa shape index (κ1) is 9.18. The van der Waals surface area contributed by atoms with Crippen LogP contribution < -0.4 is 4.74 Å². The first-order valence-electron chi connectivity index (χ1n) is 3.46. The van der Waals surface area contributed by atoms with Gasteiger partial charge in [0.15, 0.2) is 18.1 Å². The van der Waals surface area contributed by atoms with Gasteiger partial charge in [0.1, 0.15) is 5.75 Å². The molecule has 1 rings (SSSR count). The summed E-state index contributed by atoms with van der Waals surface area (Å²) in [5.74, 6) is -1.53. The van der Waals surface area contributed by atoms with Crippen molar-refractivity contribution in [3.63, 3.8) is 0 Å². The largest absolute Gasteiger partial charge is 0.504 e. The van der Waals surface area contributed by atoms with Gasteiger partial charge < -0.3 is 20.1 Å². The molecule has 0 amide bonds. The van der Waals surface area contributed by atoms with Crippen LogP contribution in [0.4, 0.5) is 0 Å². The maximum atomic E-state index is 10.1.